The Morgan fingerprint density at radius 2 is 2.17 bits per heavy atom. The smallest absolute Gasteiger partial charge is 0.237 e. The molecule has 6 nitrogen and oxygen atoms in total. The lowest BCUT2D eigenvalue weighted by molar-refractivity contribution is -0.136. The number of likely N-dealkylation sites (N-methyl/N-ethyl adjacent to an activating group) is 1. The first-order chi connectivity index (χ1) is 11.6. The fraction of sp³-hybridized carbons (Fsp3) is 0.722. The molecule has 1 aromatic rings. The number of nitrogens with zero attached hydrogens (tertiary/aromatic N) is 5. The van der Waals surface area contributed by atoms with E-state index in [1.165, 1.54) is 6.42 Å². The van der Waals surface area contributed by atoms with E-state index in [0.717, 1.165) is 50.9 Å². The Labute approximate surface area is 144 Å². The number of hydrogen-bond acceptors (Lipinski definition) is 4. The topological polar surface area (TPSA) is 65.2 Å². The first kappa shape index (κ1) is 17.0. The number of aromatic nitrogens is 2. The van der Waals surface area contributed by atoms with Gasteiger partial charge in [-0.3, -0.25) is 9.69 Å². The lowest BCUT2D eigenvalue weighted by Gasteiger charge is -2.40. The van der Waals surface area contributed by atoms with E-state index in [4.69, 9.17) is 0 Å². The average Bonchev–Trinajstić information content (AvgIpc) is 3.23. The second-order valence-electron chi connectivity index (χ2n) is 7.18. The number of carbonyl (C=O) groups is 1. The van der Waals surface area contributed by atoms with Crippen LogP contribution in [0.2, 0.25) is 0 Å². The summed E-state index contributed by atoms with van der Waals surface area (Å²) in [5, 5.41) is 9.69. The standard InChI is InChI=1S/C18H27N5O/c1-21-12-10-20-17(21)15-7-6-11-23(15)13-16(24)22(2)18(14-19)8-4-3-5-9-18/h10,12,15H,3-9,11,13H2,1-2H3. The molecule has 0 aromatic carbocycles. The fourth-order valence-electron chi connectivity index (χ4n) is 4.18. The van der Waals surface area contributed by atoms with Crippen LogP contribution in [0, 0.1) is 11.3 Å². The predicted octanol–water partition coefficient (Wildman–Crippen LogP) is 2.24. The Hall–Kier alpha value is -1.87. The van der Waals surface area contributed by atoms with Crippen LogP contribution in [0.3, 0.4) is 0 Å². The summed E-state index contributed by atoms with van der Waals surface area (Å²) in [6, 6.07) is 2.64. The average molecular weight is 329 g/mol. The van der Waals surface area contributed by atoms with E-state index >= 15 is 0 Å². The summed E-state index contributed by atoms with van der Waals surface area (Å²) in [7, 11) is 3.81. The van der Waals surface area contributed by atoms with E-state index in [2.05, 4.69) is 16.0 Å². The van der Waals surface area contributed by atoms with Gasteiger partial charge in [0.15, 0.2) is 0 Å². The van der Waals surface area contributed by atoms with Crippen LogP contribution >= 0.6 is 0 Å². The van der Waals surface area contributed by atoms with Crippen molar-refractivity contribution in [1.29, 1.82) is 5.26 Å². The van der Waals surface area contributed by atoms with Gasteiger partial charge in [-0.2, -0.15) is 5.26 Å². The molecule has 2 fully saturated rings. The molecule has 1 saturated carbocycles. The molecule has 0 spiro atoms. The quantitative estimate of drug-likeness (QED) is 0.850. The maximum absolute atomic E-state index is 12.9. The number of hydrogen-bond donors (Lipinski definition) is 0. The van der Waals surface area contributed by atoms with E-state index in [1.807, 2.05) is 31.1 Å². The van der Waals surface area contributed by atoms with Crippen LogP contribution in [-0.4, -0.2) is 50.9 Å². The van der Waals surface area contributed by atoms with E-state index in [1.54, 1.807) is 4.90 Å². The number of aryl methyl sites for hydroxylation is 1. The van der Waals surface area contributed by atoms with Gasteiger partial charge in [-0.15, -0.1) is 0 Å². The zero-order valence-electron chi connectivity index (χ0n) is 14.7. The molecular weight excluding hydrogens is 302 g/mol. The second-order valence-corrected chi connectivity index (χ2v) is 7.18. The summed E-state index contributed by atoms with van der Waals surface area (Å²) in [4.78, 5) is 21.3. The fourth-order valence-corrected chi connectivity index (χ4v) is 4.18. The van der Waals surface area contributed by atoms with Crippen molar-refractivity contribution in [3.63, 3.8) is 0 Å². The van der Waals surface area contributed by atoms with E-state index in [-0.39, 0.29) is 11.9 Å². The Morgan fingerprint density at radius 1 is 1.42 bits per heavy atom. The molecule has 2 heterocycles. The minimum absolute atomic E-state index is 0.0551. The van der Waals surface area contributed by atoms with Gasteiger partial charge < -0.3 is 9.47 Å². The van der Waals surface area contributed by atoms with Crippen molar-refractivity contribution in [2.45, 2.75) is 56.5 Å². The van der Waals surface area contributed by atoms with Gasteiger partial charge in [0.25, 0.3) is 0 Å². The number of carbonyl (C=O) groups excluding carboxylic acids is 1. The van der Waals surface area contributed by atoms with Gasteiger partial charge >= 0.3 is 0 Å². The highest BCUT2D eigenvalue weighted by atomic mass is 16.2. The first-order valence-corrected chi connectivity index (χ1v) is 8.96. The van der Waals surface area contributed by atoms with Gasteiger partial charge in [0.1, 0.15) is 11.4 Å². The SMILES string of the molecule is CN(C(=O)CN1CCCC1c1nccn1C)C1(C#N)CCCCC1. The molecule has 1 aliphatic heterocycles. The number of rotatable bonds is 4. The summed E-state index contributed by atoms with van der Waals surface area (Å²) in [5.74, 6) is 1.08. The molecule has 1 aromatic heterocycles. The third kappa shape index (κ3) is 3.05. The summed E-state index contributed by atoms with van der Waals surface area (Å²) in [5.41, 5.74) is -0.603. The molecule has 0 bridgehead atoms. The van der Waals surface area contributed by atoms with Crippen LogP contribution in [0.25, 0.3) is 0 Å². The van der Waals surface area contributed by atoms with E-state index in [9.17, 15) is 10.1 Å². The van der Waals surface area contributed by atoms with Crippen LogP contribution < -0.4 is 0 Å². The molecule has 6 heteroatoms. The first-order valence-electron chi connectivity index (χ1n) is 8.96. The molecule has 1 aliphatic carbocycles. The van der Waals surface area contributed by atoms with Crippen molar-refractivity contribution < 1.29 is 4.79 Å². The Bertz CT molecular complexity index is 626. The molecule has 1 amide bonds. The lowest BCUT2D eigenvalue weighted by atomic mass is 9.81. The highest BCUT2D eigenvalue weighted by molar-refractivity contribution is 5.79. The monoisotopic (exact) mass is 329 g/mol. The molecule has 24 heavy (non-hydrogen) atoms. The Balaban J connectivity index is 1.69. The molecule has 1 atom stereocenters. The molecule has 3 rings (SSSR count). The minimum atomic E-state index is -0.603. The van der Waals surface area contributed by atoms with Gasteiger partial charge in [-0.05, 0) is 32.2 Å². The van der Waals surface area contributed by atoms with Crippen molar-refractivity contribution in [1.82, 2.24) is 19.4 Å². The summed E-state index contributed by atoms with van der Waals surface area (Å²) in [6.45, 7) is 1.29. The number of imidazole rings is 1. The summed E-state index contributed by atoms with van der Waals surface area (Å²) >= 11 is 0. The maximum Gasteiger partial charge on any atom is 0.237 e. The van der Waals surface area contributed by atoms with Gasteiger partial charge in [0.2, 0.25) is 5.91 Å². The molecule has 1 unspecified atom stereocenters. The van der Waals surface area contributed by atoms with E-state index < -0.39 is 5.54 Å². The zero-order valence-corrected chi connectivity index (χ0v) is 14.7. The van der Waals surface area contributed by atoms with Crippen molar-refractivity contribution >= 4 is 5.91 Å². The zero-order chi connectivity index (χ0) is 17.2. The maximum atomic E-state index is 12.9. The highest BCUT2D eigenvalue weighted by Crippen LogP contribution is 2.34. The summed E-state index contributed by atoms with van der Waals surface area (Å²) in [6.07, 6.45) is 10.7. The number of likely N-dealkylation sites (tertiary alicyclic amines) is 1. The van der Waals surface area contributed by atoms with Crippen LogP contribution in [0.5, 0.6) is 0 Å². The predicted molar refractivity (Wildman–Crippen MR) is 91.0 cm³/mol. The van der Waals surface area contributed by atoms with Gasteiger partial charge in [-0.1, -0.05) is 19.3 Å². The normalized spacial score (nSPS) is 23.8. The Kier molecular flexibility index (Phi) is 4.91. The molecular formula is C18H27N5O. The third-order valence-corrected chi connectivity index (χ3v) is 5.76. The van der Waals surface area contributed by atoms with Crippen LogP contribution in [0.1, 0.15) is 56.8 Å². The highest BCUT2D eigenvalue weighted by Gasteiger charge is 2.40. The van der Waals surface area contributed by atoms with Gasteiger partial charge in [0, 0.05) is 26.5 Å². The third-order valence-electron chi connectivity index (χ3n) is 5.76. The Morgan fingerprint density at radius 3 is 2.79 bits per heavy atom. The van der Waals surface area contributed by atoms with Crippen LogP contribution in [0.15, 0.2) is 12.4 Å². The molecule has 0 radical (unpaired) electrons. The van der Waals surface area contributed by atoms with Crippen molar-refractivity contribution in [2.24, 2.45) is 7.05 Å². The lowest BCUT2D eigenvalue weighted by Crippen LogP contribution is -2.52. The number of amides is 1. The van der Waals surface area contributed by atoms with Gasteiger partial charge in [0.05, 0.1) is 18.7 Å². The molecule has 1 saturated heterocycles. The van der Waals surface area contributed by atoms with Gasteiger partial charge in [-0.25, -0.2) is 4.98 Å². The second kappa shape index (κ2) is 6.94. The largest absolute Gasteiger partial charge is 0.337 e. The number of nitriles is 1. The summed E-state index contributed by atoms with van der Waals surface area (Å²) < 4.78 is 2.04. The van der Waals surface area contributed by atoms with Crippen molar-refractivity contribution in [2.75, 3.05) is 20.1 Å². The minimum Gasteiger partial charge on any atom is -0.337 e. The van der Waals surface area contributed by atoms with Crippen LogP contribution in [-0.2, 0) is 11.8 Å². The van der Waals surface area contributed by atoms with E-state index in [0.29, 0.717) is 6.54 Å². The van der Waals surface area contributed by atoms with Crippen molar-refractivity contribution in [3.05, 3.63) is 18.2 Å². The molecule has 130 valence electrons. The molecule has 2 aliphatic rings. The van der Waals surface area contributed by atoms with Crippen molar-refractivity contribution in [3.8, 4) is 6.07 Å². The molecule has 0 N–H and O–H groups in total. The van der Waals surface area contributed by atoms with Crippen LogP contribution in [0.4, 0.5) is 0 Å².